The minimum atomic E-state index is -4.14. The summed E-state index contributed by atoms with van der Waals surface area (Å²) in [5.41, 5.74) is 0.478. The van der Waals surface area contributed by atoms with Gasteiger partial charge in [0.15, 0.2) is 0 Å². The topological polar surface area (TPSA) is 79.6 Å². The van der Waals surface area contributed by atoms with Crippen LogP contribution in [0.1, 0.15) is 23.2 Å². The number of hydrogen-bond acceptors (Lipinski definition) is 4. The van der Waals surface area contributed by atoms with Gasteiger partial charge in [-0.25, -0.2) is 21.9 Å². The number of carbonyl (C=O) groups excluding carboxylic acids is 1. The minimum Gasteiger partial charge on any atom is -0.472 e. The highest BCUT2D eigenvalue weighted by molar-refractivity contribution is 7.89. The van der Waals surface area contributed by atoms with Crippen LogP contribution in [0, 0.1) is 17.6 Å². The Morgan fingerprint density at radius 1 is 1.23 bits per heavy atom. The maximum atomic E-state index is 13.7. The minimum absolute atomic E-state index is 0.00907. The van der Waals surface area contributed by atoms with E-state index < -0.39 is 26.6 Å². The van der Waals surface area contributed by atoms with Gasteiger partial charge in [-0.15, -0.1) is 0 Å². The summed E-state index contributed by atoms with van der Waals surface area (Å²) in [5.74, 6) is -1.94. The highest BCUT2D eigenvalue weighted by Crippen LogP contribution is 2.20. The van der Waals surface area contributed by atoms with E-state index in [1.807, 2.05) is 0 Å². The molecule has 1 saturated heterocycles. The first-order chi connectivity index (χ1) is 12.4. The molecule has 26 heavy (non-hydrogen) atoms. The quantitative estimate of drug-likeness (QED) is 0.859. The molecule has 1 aliphatic heterocycles. The van der Waals surface area contributed by atoms with Crippen LogP contribution in [-0.4, -0.2) is 38.9 Å². The molecule has 1 fully saturated rings. The fraction of sp³-hybridized carbons (Fsp3) is 0.353. The molecule has 1 N–H and O–H groups in total. The number of piperidine rings is 1. The van der Waals surface area contributed by atoms with E-state index in [2.05, 4.69) is 4.72 Å². The van der Waals surface area contributed by atoms with Crippen molar-refractivity contribution in [2.24, 2.45) is 5.92 Å². The number of hydrogen-bond donors (Lipinski definition) is 1. The Labute approximate surface area is 149 Å². The second-order valence-electron chi connectivity index (χ2n) is 6.17. The molecule has 2 heterocycles. The van der Waals surface area contributed by atoms with Gasteiger partial charge in [0.25, 0.3) is 5.91 Å². The standard InChI is InChI=1S/C17H18F2N2O4S/c18-14-1-2-15(19)16(9-14)26(23,24)20-10-12-3-6-21(7-4-12)17(22)13-5-8-25-11-13/h1-2,5,8-9,11-12,20H,3-4,6-7,10H2. The summed E-state index contributed by atoms with van der Waals surface area (Å²) < 4.78 is 58.5. The van der Waals surface area contributed by atoms with Gasteiger partial charge in [0.1, 0.15) is 22.8 Å². The molecule has 0 unspecified atom stereocenters. The van der Waals surface area contributed by atoms with Crippen molar-refractivity contribution >= 4 is 15.9 Å². The molecule has 1 aromatic heterocycles. The van der Waals surface area contributed by atoms with Crippen molar-refractivity contribution in [3.05, 3.63) is 54.0 Å². The normalized spacial score (nSPS) is 16.0. The first-order valence-corrected chi connectivity index (χ1v) is 9.61. The van der Waals surface area contributed by atoms with Crippen LogP contribution < -0.4 is 4.72 Å². The van der Waals surface area contributed by atoms with Crippen molar-refractivity contribution in [2.75, 3.05) is 19.6 Å². The summed E-state index contributed by atoms with van der Waals surface area (Å²) in [6.45, 7) is 1.08. The van der Waals surface area contributed by atoms with Crippen LogP contribution in [0.4, 0.5) is 8.78 Å². The van der Waals surface area contributed by atoms with Gasteiger partial charge in [-0.2, -0.15) is 0 Å². The molecule has 0 saturated carbocycles. The molecule has 1 amide bonds. The van der Waals surface area contributed by atoms with Gasteiger partial charge in [0, 0.05) is 19.6 Å². The van der Waals surface area contributed by atoms with E-state index in [9.17, 15) is 22.0 Å². The van der Waals surface area contributed by atoms with E-state index in [0.717, 1.165) is 12.1 Å². The zero-order valence-corrected chi connectivity index (χ0v) is 14.6. The van der Waals surface area contributed by atoms with Crippen LogP contribution in [0.25, 0.3) is 0 Å². The summed E-state index contributed by atoms with van der Waals surface area (Å²) in [7, 11) is -4.14. The summed E-state index contributed by atoms with van der Waals surface area (Å²) in [6, 6.07) is 3.89. The SMILES string of the molecule is O=C(c1ccoc1)N1CCC(CNS(=O)(=O)c2cc(F)ccc2F)CC1. The molecule has 0 radical (unpaired) electrons. The molecule has 0 spiro atoms. The van der Waals surface area contributed by atoms with E-state index >= 15 is 0 Å². The van der Waals surface area contributed by atoms with Crippen molar-refractivity contribution in [2.45, 2.75) is 17.7 Å². The number of carbonyl (C=O) groups is 1. The number of amides is 1. The lowest BCUT2D eigenvalue weighted by Gasteiger charge is -2.31. The molecule has 1 aliphatic rings. The molecule has 3 rings (SSSR count). The third-order valence-corrected chi connectivity index (χ3v) is 5.85. The Morgan fingerprint density at radius 3 is 2.62 bits per heavy atom. The lowest BCUT2D eigenvalue weighted by molar-refractivity contribution is 0.0691. The van der Waals surface area contributed by atoms with Gasteiger partial charge < -0.3 is 9.32 Å². The second kappa shape index (κ2) is 7.55. The average Bonchev–Trinajstić information content (AvgIpc) is 3.16. The third kappa shape index (κ3) is 4.10. The van der Waals surface area contributed by atoms with Crippen LogP contribution in [0.5, 0.6) is 0 Å². The summed E-state index contributed by atoms with van der Waals surface area (Å²) in [6.07, 6.45) is 4.03. The monoisotopic (exact) mass is 384 g/mol. The lowest BCUT2D eigenvalue weighted by Crippen LogP contribution is -2.41. The number of furan rings is 1. The maximum Gasteiger partial charge on any atom is 0.257 e. The summed E-state index contributed by atoms with van der Waals surface area (Å²) >= 11 is 0. The van der Waals surface area contributed by atoms with Crippen LogP contribution in [0.2, 0.25) is 0 Å². The van der Waals surface area contributed by atoms with Crippen molar-refractivity contribution < 1.29 is 26.4 Å². The number of nitrogens with one attached hydrogen (secondary N) is 1. The first-order valence-electron chi connectivity index (χ1n) is 8.13. The number of halogens is 2. The van der Waals surface area contributed by atoms with E-state index in [0.29, 0.717) is 37.6 Å². The molecule has 6 nitrogen and oxygen atoms in total. The number of nitrogens with zero attached hydrogens (tertiary/aromatic N) is 1. The molecule has 0 bridgehead atoms. The van der Waals surface area contributed by atoms with Crippen LogP contribution >= 0.6 is 0 Å². The van der Waals surface area contributed by atoms with E-state index in [1.54, 1.807) is 11.0 Å². The van der Waals surface area contributed by atoms with Gasteiger partial charge in [-0.3, -0.25) is 4.79 Å². The number of benzene rings is 1. The molecular weight excluding hydrogens is 366 g/mol. The second-order valence-corrected chi connectivity index (χ2v) is 7.91. The van der Waals surface area contributed by atoms with E-state index in [-0.39, 0.29) is 18.4 Å². The fourth-order valence-electron chi connectivity index (χ4n) is 2.90. The maximum absolute atomic E-state index is 13.7. The van der Waals surface area contributed by atoms with Gasteiger partial charge in [-0.1, -0.05) is 0 Å². The van der Waals surface area contributed by atoms with Crippen molar-refractivity contribution in [1.29, 1.82) is 0 Å². The van der Waals surface area contributed by atoms with Gasteiger partial charge in [0.05, 0.1) is 11.8 Å². The number of likely N-dealkylation sites (tertiary alicyclic amines) is 1. The largest absolute Gasteiger partial charge is 0.472 e. The molecule has 0 atom stereocenters. The zero-order valence-electron chi connectivity index (χ0n) is 13.8. The Morgan fingerprint density at radius 2 is 1.96 bits per heavy atom. The molecule has 140 valence electrons. The van der Waals surface area contributed by atoms with Crippen molar-refractivity contribution in [3.63, 3.8) is 0 Å². The van der Waals surface area contributed by atoms with Crippen LogP contribution in [0.15, 0.2) is 46.1 Å². The average molecular weight is 384 g/mol. The molecular formula is C17H18F2N2O4S. The Bertz CT molecular complexity index is 876. The molecule has 9 heteroatoms. The predicted molar refractivity (Wildman–Crippen MR) is 88.9 cm³/mol. The smallest absolute Gasteiger partial charge is 0.257 e. The zero-order chi connectivity index (χ0) is 18.7. The summed E-state index contributed by atoms with van der Waals surface area (Å²) in [5, 5.41) is 0. The van der Waals surface area contributed by atoms with Crippen molar-refractivity contribution in [3.8, 4) is 0 Å². The van der Waals surface area contributed by atoms with E-state index in [4.69, 9.17) is 4.42 Å². The Balaban J connectivity index is 1.55. The van der Waals surface area contributed by atoms with Gasteiger partial charge >= 0.3 is 0 Å². The van der Waals surface area contributed by atoms with Gasteiger partial charge in [-0.05, 0) is 43.0 Å². The summed E-state index contributed by atoms with van der Waals surface area (Å²) in [4.78, 5) is 13.2. The van der Waals surface area contributed by atoms with E-state index in [1.165, 1.54) is 12.5 Å². The highest BCUT2D eigenvalue weighted by Gasteiger charge is 2.26. The first kappa shape index (κ1) is 18.5. The lowest BCUT2D eigenvalue weighted by atomic mass is 9.97. The number of rotatable bonds is 5. The third-order valence-electron chi connectivity index (χ3n) is 4.41. The highest BCUT2D eigenvalue weighted by atomic mass is 32.2. The predicted octanol–water partition coefficient (Wildman–Crippen LogP) is 2.39. The van der Waals surface area contributed by atoms with Crippen molar-refractivity contribution in [1.82, 2.24) is 9.62 Å². The number of sulfonamides is 1. The molecule has 1 aromatic carbocycles. The Hall–Kier alpha value is -2.26. The van der Waals surface area contributed by atoms with Crippen LogP contribution in [-0.2, 0) is 10.0 Å². The fourth-order valence-corrected chi connectivity index (χ4v) is 4.10. The Kier molecular flexibility index (Phi) is 5.38. The van der Waals surface area contributed by atoms with Crippen LogP contribution in [0.3, 0.4) is 0 Å². The molecule has 2 aromatic rings. The molecule has 0 aliphatic carbocycles. The van der Waals surface area contributed by atoms with Gasteiger partial charge in [0.2, 0.25) is 10.0 Å².